The molecule has 4 rings (SSSR count). The van der Waals surface area contributed by atoms with Crippen molar-refractivity contribution in [1.82, 2.24) is 4.90 Å². The Labute approximate surface area is 237 Å². The van der Waals surface area contributed by atoms with Gasteiger partial charge in [0.15, 0.2) is 0 Å². The van der Waals surface area contributed by atoms with Gasteiger partial charge in [0.1, 0.15) is 18.7 Å². The molecule has 0 radical (unpaired) electrons. The summed E-state index contributed by atoms with van der Waals surface area (Å²) in [5.74, 6) is -1.52. The van der Waals surface area contributed by atoms with Gasteiger partial charge >= 0.3 is 0 Å². The molecule has 5 nitrogen and oxygen atoms in total. The molecule has 9 heteroatoms. The zero-order valence-electron chi connectivity index (χ0n) is 21.8. The second-order valence-corrected chi connectivity index (χ2v) is 10.6. The highest BCUT2D eigenvalue weighted by molar-refractivity contribution is 6.42. The predicted molar refractivity (Wildman–Crippen MR) is 150 cm³/mol. The standard InChI is InChI=1S/C30H32Cl2F2N2O3/c1-38-35-29(20-39-19-22-7-9-24(33)18-28(22)34)25(21-8-10-26(31)27(32)17-21)11-14-36-15-12-30(37,13-16-36)23-5-3-2-4-6-23/h2-10,17-18,25,37H,11-16,19-20H2,1H3/b35-29+. The lowest BCUT2D eigenvalue weighted by molar-refractivity contribution is -0.0261. The first kappa shape index (κ1) is 29.4. The van der Waals surface area contributed by atoms with Crippen LogP contribution in [0.4, 0.5) is 8.78 Å². The first-order valence-corrected chi connectivity index (χ1v) is 13.6. The molecule has 1 aliphatic heterocycles. The van der Waals surface area contributed by atoms with Crippen molar-refractivity contribution in [3.8, 4) is 0 Å². The topological polar surface area (TPSA) is 54.3 Å². The number of hydrogen-bond donors (Lipinski definition) is 1. The van der Waals surface area contributed by atoms with Gasteiger partial charge in [0.05, 0.1) is 34.6 Å². The molecule has 1 aliphatic rings. The van der Waals surface area contributed by atoms with Crippen LogP contribution in [0, 0.1) is 11.6 Å². The Morgan fingerprint density at radius 3 is 2.44 bits per heavy atom. The lowest BCUT2D eigenvalue weighted by Crippen LogP contribution is -2.43. The fraction of sp³-hybridized carbons (Fsp3) is 0.367. The summed E-state index contributed by atoms with van der Waals surface area (Å²) in [5, 5.41) is 16.3. The van der Waals surface area contributed by atoms with E-state index in [1.54, 1.807) is 6.07 Å². The molecule has 0 aromatic heterocycles. The number of piperidine rings is 1. The van der Waals surface area contributed by atoms with Gasteiger partial charge in [-0.25, -0.2) is 8.78 Å². The maximum atomic E-state index is 14.1. The highest BCUT2D eigenvalue weighted by Crippen LogP contribution is 2.34. The summed E-state index contributed by atoms with van der Waals surface area (Å²) in [5.41, 5.74) is 1.87. The second kappa shape index (κ2) is 13.7. The van der Waals surface area contributed by atoms with E-state index in [4.69, 9.17) is 32.8 Å². The number of oxime groups is 1. The van der Waals surface area contributed by atoms with Gasteiger partial charge in [0, 0.05) is 30.6 Å². The highest BCUT2D eigenvalue weighted by Gasteiger charge is 2.34. The molecule has 0 aliphatic carbocycles. The molecule has 1 N–H and O–H groups in total. The Morgan fingerprint density at radius 2 is 1.77 bits per heavy atom. The molecule has 1 unspecified atom stereocenters. The number of ether oxygens (including phenoxy) is 1. The SMILES string of the molecule is CO/N=C(\COCc1ccc(F)cc1F)C(CCN1CCC(O)(c2ccccc2)CC1)c1ccc(Cl)c(Cl)c1. The molecule has 1 atom stereocenters. The molecule has 3 aromatic rings. The summed E-state index contributed by atoms with van der Waals surface area (Å²) in [6.45, 7) is 2.26. The zero-order chi connectivity index (χ0) is 27.8. The van der Waals surface area contributed by atoms with Gasteiger partial charge in [-0.2, -0.15) is 0 Å². The average Bonchev–Trinajstić information content (AvgIpc) is 2.93. The van der Waals surface area contributed by atoms with Crippen molar-refractivity contribution < 1.29 is 23.5 Å². The summed E-state index contributed by atoms with van der Waals surface area (Å²) < 4.78 is 33.2. The van der Waals surface area contributed by atoms with E-state index in [9.17, 15) is 13.9 Å². The van der Waals surface area contributed by atoms with E-state index in [1.165, 1.54) is 19.2 Å². The van der Waals surface area contributed by atoms with Crippen LogP contribution in [0.2, 0.25) is 10.0 Å². The van der Waals surface area contributed by atoms with Gasteiger partial charge in [0.2, 0.25) is 0 Å². The van der Waals surface area contributed by atoms with E-state index in [-0.39, 0.29) is 24.7 Å². The van der Waals surface area contributed by atoms with E-state index >= 15 is 0 Å². The summed E-state index contributed by atoms with van der Waals surface area (Å²) in [4.78, 5) is 7.47. The molecule has 0 saturated carbocycles. The smallest absolute Gasteiger partial charge is 0.131 e. The maximum Gasteiger partial charge on any atom is 0.131 e. The fourth-order valence-electron chi connectivity index (χ4n) is 4.96. The third-order valence-electron chi connectivity index (χ3n) is 7.21. The first-order valence-electron chi connectivity index (χ1n) is 12.9. The largest absolute Gasteiger partial charge is 0.399 e. The molecule has 1 saturated heterocycles. The van der Waals surface area contributed by atoms with Crippen molar-refractivity contribution in [3.63, 3.8) is 0 Å². The van der Waals surface area contributed by atoms with Gasteiger partial charge in [0.25, 0.3) is 0 Å². The van der Waals surface area contributed by atoms with Gasteiger partial charge in [-0.05, 0) is 55.1 Å². The highest BCUT2D eigenvalue weighted by atomic mass is 35.5. The van der Waals surface area contributed by atoms with E-state index in [0.717, 1.165) is 36.8 Å². The number of aliphatic hydroxyl groups is 1. The van der Waals surface area contributed by atoms with Crippen molar-refractivity contribution in [2.75, 3.05) is 33.4 Å². The minimum atomic E-state index is -0.826. The number of rotatable bonds is 11. The Bertz CT molecular complexity index is 1270. The lowest BCUT2D eigenvalue weighted by atomic mass is 9.84. The molecule has 3 aromatic carbocycles. The van der Waals surface area contributed by atoms with E-state index in [0.29, 0.717) is 35.0 Å². The van der Waals surface area contributed by atoms with Crippen LogP contribution in [-0.2, 0) is 21.8 Å². The quantitative estimate of drug-likeness (QED) is 0.198. The summed E-state index contributed by atoms with van der Waals surface area (Å²) in [6, 6.07) is 18.6. The minimum absolute atomic E-state index is 0.0485. The molecule has 0 bridgehead atoms. The number of benzene rings is 3. The first-order chi connectivity index (χ1) is 18.8. The number of likely N-dealkylation sites (tertiary alicyclic amines) is 1. The molecule has 0 amide bonds. The molecule has 0 spiro atoms. The molecular weight excluding hydrogens is 545 g/mol. The summed E-state index contributed by atoms with van der Waals surface area (Å²) in [6.07, 6.45) is 1.96. The van der Waals surface area contributed by atoms with Crippen LogP contribution in [0.3, 0.4) is 0 Å². The molecule has 39 heavy (non-hydrogen) atoms. The van der Waals surface area contributed by atoms with Crippen molar-refractivity contribution in [2.24, 2.45) is 5.16 Å². The van der Waals surface area contributed by atoms with E-state index in [1.807, 2.05) is 42.5 Å². The van der Waals surface area contributed by atoms with Crippen molar-refractivity contribution in [1.29, 1.82) is 0 Å². The lowest BCUT2D eigenvalue weighted by Gasteiger charge is -2.39. The van der Waals surface area contributed by atoms with Gasteiger partial charge in [-0.1, -0.05) is 70.8 Å². The second-order valence-electron chi connectivity index (χ2n) is 9.75. The summed E-state index contributed by atoms with van der Waals surface area (Å²) in [7, 11) is 1.46. The number of halogens is 4. The van der Waals surface area contributed by atoms with Gasteiger partial charge < -0.3 is 19.6 Å². The number of nitrogens with zero attached hydrogens (tertiary/aromatic N) is 2. The van der Waals surface area contributed by atoms with Crippen LogP contribution < -0.4 is 0 Å². The molecule has 1 fully saturated rings. The van der Waals surface area contributed by atoms with Gasteiger partial charge in [-0.15, -0.1) is 0 Å². The average molecular weight is 577 g/mol. The fourth-order valence-corrected chi connectivity index (χ4v) is 5.27. The third-order valence-corrected chi connectivity index (χ3v) is 7.95. The third kappa shape index (κ3) is 7.77. The van der Waals surface area contributed by atoms with Crippen molar-refractivity contribution in [3.05, 3.63) is 105 Å². The monoisotopic (exact) mass is 576 g/mol. The van der Waals surface area contributed by atoms with Gasteiger partial charge in [-0.3, -0.25) is 0 Å². The van der Waals surface area contributed by atoms with Crippen LogP contribution in [0.15, 0.2) is 71.9 Å². The Kier molecular flexibility index (Phi) is 10.3. The molecule has 208 valence electrons. The Balaban J connectivity index is 1.45. The molecular formula is C30H32Cl2F2N2O3. The van der Waals surface area contributed by atoms with E-state index in [2.05, 4.69) is 10.1 Å². The summed E-state index contributed by atoms with van der Waals surface area (Å²) >= 11 is 12.5. The van der Waals surface area contributed by atoms with Crippen LogP contribution in [-0.4, -0.2) is 49.1 Å². The Morgan fingerprint density at radius 1 is 1.03 bits per heavy atom. The minimum Gasteiger partial charge on any atom is -0.399 e. The van der Waals surface area contributed by atoms with Crippen LogP contribution in [0.5, 0.6) is 0 Å². The van der Waals surface area contributed by atoms with Crippen molar-refractivity contribution in [2.45, 2.75) is 37.4 Å². The predicted octanol–water partition coefficient (Wildman–Crippen LogP) is 6.95. The zero-order valence-corrected chi connectivity index (χ0v) is 23.3. The normalized spacial score (nSPS) is 16.7. The number of hydrogen-bond acceptors (Lipinski definition) is 5. The van der Waals surface area contributed by atoms with E-state index < -0.39 is 17.2 Å². The maximum absolute atomic E-state index is 14.1. The van der Waals surface area contributed by atoms with Crippen molar-refractivity contribution >= 4 is 28.9 Å². The Hall–Kier alpha value is -2.55. The molecule has 1 heterocycles. The van der Waals surface area contributed by atoms with Crippen LogP contribution in [0.1, 0.15) is 41.9 Å². The van der Waals surface area contributed by atoms with Crippen LogP contribution in [0.25, 0.3) is 0 Å². The van der Waals surface area contributed by atoms with Crippen LogP contribution >= 0.6 is 23.2 Å².